The van der Waals surface area contributed by atoms with E-state index in [2.05, 4.69) is 10.6 Å². The summed E-state index contributed by atoms with van der Waals surface area (Å²) in [5.74, 6) is -1.07. The first kappa shape index (κ1) is 22.7. The largest absolute Gasteiger partial charge is 0.507 e. The Labute approximate surface area is 185 Å². The zero-order valence-electron chi connectivity index (χ0n) is 17.9. The fraction of sp³-hybridized carbons (Fsp3) is 0.261. The SMILES string of the molecule is CCOC(=O)C1=C(COC(=O)c2ccc(C)cc2O)NC(=O)NC1c1ccc(OC)cc1. The van der Waals surface area contributed by atoms with E-state index in [0.29, 0.717) is 11.3 Å². The molecule has 0 saturated carbocycles. The van der Waals surface area contributed by atoms with Crippen LogP contribution in [0.15, 0.2) is 53.7 Å². The minimum atomic E-state index is -0.824. The van der Waals surface area contributed by atoms with Gasteiger partial charge in [0, 0.05) is 0 Å². The number of urea groups is 1. The summed E-state index contributed by atoms with van der Waals surface area (Å²) >= 11 is 0. The molecule has 1 heterocycles. The number of hydrogen-bond acceptors (Lipinski definition) is 7. The van der Waals surface area contributed by atoms with Gasteiger partial charge in [0.2, 0.25) is 0 Å². The van der Waals surface area contributed by atoms with Gasteiger partial charge >= 0.3 is 18.0 Å². The molecule has 0 spiro atoms. The fourth-order valence-electron chi connectivity index (χ4n) is 3.26. The normalized spacial score (nSPS) is 15.5. The molecule has 1 aliphatic heterocycles. The zero-order valence-corrected chi connectivity index (χ0v) is 17.9. The topological polar surface area (TPSA) is 123 Å². The first-order valence-corrected chi connectivity index (χ1v) is 9.92. The Hall–Kier alpha value is -4.01. The second-order valence-corrected chi connectivity index (χ2v) is 7.01. The summed E-state index contributed by atoms with van der Waals surface area (Å²) in [5.41, 5.74) is 1.56. The number of ether oxygens (including phenoxy) is 3. The number of methoxy groups -OCH3 is 1. The molecular weight excluding hydrogens is 416 g/mol. The summed E-state index contributed by atoms with van der Waals surface area (Å²) in [6.07, 6.45) is 0. The number of benzene rings is 2. The van der Waals surface area contributed by atoms with Crippen molar-refractivity contribution in [2.45, 2.75) is 19.9 Å². The minimum Gasteiger partial charge on any atom is -0.507 e. The lowest BCUT2D eigenvalue weighted by atomic mass is 9.95. The van der Waals surface area contributed by atoms with Gasteiger partial charge in [0.05, 0.1) is 31.0 Å². The van der Waals surface area contributed by atoms with Crippen LogP contribution in [0.5, 0.6) is 11.5 Å². The van der Waals surface area contributed by atoms with Gasteiger partial charge in [0.1, 0.15) is 23.7 Å². The van der Waals surface area contributed by atoms with Crippen molar-refractivity contribution >= 4 is 18.0 Å². The second-order valence-electron chi connectivity index (χ2n) is 7.01. The van der Waals surface area contributed by atoms with Crippen LogP contribution in [0.3, 0.4) is 0 Å². The van der Waals surface area contributed by atoms with Crippen LogP contribution in [-0.4, -0.2) is 43.4 Å². The van der Waals surface area contributed by atoms with Gasteiger partial charge in [-0.1, -0.05) is 18.2 Å². The van der Waals surface area contributed by atoms with Crippen molar-refractivity contribution in [1.29, 1.82) is 0 Å². The number of carbonyl (C=O) groups is 3. The number of carbonyl (C=O) groups excluding carboxylic acids is 3. The number of aryl methyl sites for hydroxylation is 1. The van der Waals surface area contributed by atoms with E-state index in [4.69, 9.17) is 14.2 Å². The van der Waals surface area contributed by atoms with Crippen LogP contribution in [0.25, 0.3) is 0 Å². The molecule has 9 nitrogen and oxygen atoms in total. The average Bonchev–Trinajstić information content (AvgIpc) is 2.77. The van der Waals surface area contributed by atoms with Gasteiger partial charge in [-0.3, -0.25) is 0 Å². The van der Waals surface area contributed by atoms with E-state index < -0.39 is 30.6 Å². The Balaban J connectivity index is 1.92. The summed E-state index contributed by atoms with van der Waals surface area (Å²) in [7, 11) is 1.53. The van der Waals surface area contributed by atoms with Crippen LogP contribution >= 0.6 is 0 Å². The average molecular weight is 440 g/mol. The standard InChI is InChI=1S/C23H24N2O7/c1-4-31-22(28)19-17(12-32-21(27)16-10-5-13(2)11-18(16)26)24-23(29)25-20(19)14-6-8-15(30-3)9-7-14/h5-11,20,26H,4,12H2,1-3H3,(H2,24,25,29). The first-order valence-electron chi connectivity index (χ1n) is 9.92. The van der Waals surface area contributed by atoms with Gasteiger partial charge in [-0.2, -0.15) is 0 Å². The molecule has 0 fully saturated rings. The van der Waals surface area contributed by atoms with E-state index >= 15 is 0 Å². The van der Waals surface area contributed by atoms with E-state index in [9.17, 15) is 19.5 Å². The first-order chi connectivity index (χ1) is 15.3. The molecule has 9 heteroatoms. The molecule has 2 amide bonds. The summed E-state index contributed by atoms with van der Waals surface area (Å²) in [6.45, 7) is 3.15. The van der Waals surface area contributed by atoms with Crippen molar-refractivity contribution in [3.8, 4) is 11.5 Å². The third-order valence-electron chi connectivity index (χ3n) is 4.82. The highest BCUT2D eigenvalue weighted by Crippen LogP contribution is 2.29. The van der Waals surface area contributed by atoms with E-state index in [0.717, 1.165) is 5.56 Å². The third kappa shape index (κ3) is 5.00. The van der Waals surface area contributed by atoms with Crippen molar-refractivity contribution in [2.75, 3.05) is 20.3 Å². The highest BCUT2D eigenvalue weighted by Gasteiger charge is 2.34. The van der Waals surface area contributed by atoms with Gasteiger partial charge in [0.15, 0.2) is 0 Å². The Morgan fingerprint density at radius 1 is 1.06 bits per heavy atom. The summed E-state index contributed by atoms with van der Waals surface area (Å²) in [6, 6.07) is 9.97. The Morgan fingerprint density at radius 2 is 1.78 bits per heavy atom. The van der Waals surface area contributed by atoms with Gasteiger partial charge in [-0.15, -0.1) is 0 Å². The van der Waals surface area contributed by atoms with Crippen molar-refractivity contribution in [3.05, 3.63) is 70.4 Å². The van der Waals surface area contributed by atoms with E-state index in [1.54, 1.807) is 44.2 Å². The molecular formula is C23H24N2O7. The van der Waals surface area contributed by atoms with E-state index in [1.807, 2.05) is 0 Å². The van der Waals surface area contributed by atoms with Crippen molar-refractivity contribution in [1.82, 2.24) is 10.6 Å². The Kier molecular flexibility index (Phi) is 6.99. The minimum absolute atomic E-state index is 0.0270. The molecule has 3 rings (SSSR count). The molecule has 1 atom stereocenters. The maximum atomic E-state index is 12.8. The van der Waals surface area contributed by atoms with Gasteiger partial charge in [-0.05, 0) is 49.2 Å². The van der Waals surface area contributed by atoms with Crippen LogP contribution in [0, 0.1) is 6.92 Å². The maximum Gasteiger partial charge on any atom is 0.342 e. The lowest BCUT2D eigenvalue weighted by Crippen LogP contribution is -2.47. The molecule has 1 unspecified atom stereocenters. The van der Waals surface area contributed by atoms with E-state index in [-0.39, 0.29) is 29.2 Å². The summed E-state index contributed by atoms with van der Waals surface area (Å²) in [5, 5.41) is 15.2. The van der Waals surface area contributed by atoms with Gasteiger partial charge < -0.3 is 30.0 Å². The third-order valence-corrected chi connectivity index (χ3v) is 4.82. The van der Waals surface area contributed by atoms with Crippen molar-refractivity contribution < 1.29 is 33.7 Å². The molecule has 3 N–H and O–H groups in total. The highest BCUT2D eigenvalue weighted by molar-refractivity contribution is 5.96. The number of phenolic OH excluding ortho intramolecular Hbond substituents is 1. The highest BCUT2D eigenvalue weighted by atomic mass is 16.5. The molecule has 0 radical (unpaired) electrons. The molecule has 168 valence electrons. The monoisotopic (exact) mass is 440 g/mol. The Morgan fingerprint density at radius 3 is 2.41 bits per heavy atom. The lowest BCUT2D eigenvalue weighted by molar-refractivity contribution is -0.139. The number of phenols is 1. The maximum absolute atomic E-state index is 12.8. The summed E-state index contributed by atoms with van der Waals surface area (Å²) < 4.78 is 15.6. The van der Waals surface area contributed by atoms with Crippen LogP contribution < -0.4 is 15.4 Å². The molecule has 2 aromatic rings. The lowest BCUT2D eigenvalue weighted by Gasteiger charge is -2.29. The zero-order chi connectivity index (χ0) is 23.3. The van der Waals surface area contributed by atoms with Crippen LogP contribution in [0.1, 0.15) is 34.5 Å². The molecule has 1 aliphatic rings. The van der Waals surface area contributed by atoms with E-state index in [1.165, 1.54) is 19.2 Å². The number of amides is 2. The van der Waals surface area contributed by atoms with Crippen LogP contribution in [-0.2, 0) is 14.3 Å². The van der Waals surface area contributed by atoms with Crippen LogP contribution in [0.2, 0.25) is 0 Å². The molecule has 2 aromatic carbocycles. The number of esters is 2. The number of nitrogens with one attached hydrogen (secondary N) is 2. The van der Waals surface area contributed by atoms with Crippen molar-refractivity contribution in [3.63, 3.8) is 0 Å². The van der Waals surface area contributed by atoms with Crippen molar-refractivity contribution in [2.24, 2.45) is 0 Å². The smallest absolute Gasteiger partial charge is 0.342 e. The summed E-state index contributed by atoms with van der Waals surface area (Å²) in [4.78, 5) is 37.5. The predicted octanol–water partition coefficient (Wildman–Crippen LogP) is 2.74. The number of rotatable bonds is 7. The molecule has 32 heavy (non-hydrogen) atoms. The van der Waals surface area contributed by atoms with Gasteiger partial charge in [-0.25, -0.2) is 14.4 Å². The quantitative estimate of drug-likeness (QED) is 0.566. The Bertz CT molecular complexity index is 1060. The van der Waals surface area contributed by atoms with Gasteiger partial charge in [0.25, 0.3) is 0 Å². The molecule has 0 bridgehead atoms. The van der Waals surface area contributed by atoms with Crippen LogP contribution in [0.4, 0.5) is 4.79 Å². The molecule has 0 aromatic heterocycles. The number of aromatic hydroxyl groups is 1. The molecule has 0 saturated heterocycles. The molecule has 0 aliphatic carbocycles. The number of hydrogen-bond donors (Lipinski definition) is 3. The fourth-order valence-corrected chi connectivity index (χ4v) is 3.26. The predicted molar refractivity (Wildman–Crippen MR) is 114 cm³/mol. The second kappa shape index (κ2) is 9.86.